The minimum Gasteiger partial charge on any atom is -0.302 e. The second kappa shape index (κ2) is 7.24. The fraction of sp³-hybridized carbons (Fsp3) is 0.200. The van der Waals surface area contributed by atoms with Crippen LogP contribution in [0.25, 0.3) is 0 Å². The Morgan fingerprint density at radius 3 is 2.46 bits per heavy atom. The number of rotatable bonds is 4. The zero-order valence-electron chi connectivity index (χ0n) is 15.6. The average Bonchev–Trinajstić information content (AvgIpc) is 3.28. The van der Waals surface area contributed by atoms with Crippen LogP contribution >= 0.6 is 0 Å². The smallest absolute Gasteiger partial charge is 0.281 e. The number of anilines is 2. The van der Waals surface area contributed by atoms with Crippen LogP contribution in [0.5, 0.6) is 0 Å². The van der Waals surface area contributed by atoms with E-state index in [0.717, 1.165) is 15.8 Å². The molecule has 0 bridgehead atoms. The number of nitrogens with zero attached hydrogens (tertiary/aromatic N) is 3. The molecular formula is C20H20N6O2. The Labute approximate surface area is 160 Å². The van der Waals surface area contributed by atoms with Crippen LogP contribution in [0.2, 0.25) is 0 Å². The van der Waals surface area contributed by atoms with Gasteiger partial charge in [-0.05, 0) is 24.1 Å². The Balaban J connectivity index is 1.96. The van der Waals surface area contributed by atoms with Gasteiger partial charge in [-0.2, -0.15) is 0 Å². The summed E-state index contributed by atoms with van der Waals surface area (Å²) < 4.78 is 1.06. The lowest BCUT2D eigenvalue weighted by molar-refractivity contribution is 0.677. The van der Waals surface area contributed by atoms with E-state index >= 15 is 0 Å². The lowest BCUT2D eigenvalue weighted by atomic mass is 10.1. The Hall–Kier alpha value is -3.52. The molecule has 1 aliphatic rings. The fourth-order valence-corrected chi connectivity index (χ4v) is 3.21. The molecule has 2 aromatic carbocycles. The normalized spacial score (nSPS) is 15.2. The maximum atomic E-state index is 12.7. The Morgan fingerprint density at radius 1 is 0.964 bits per heavy atom. The molecule has 2 heterocycles. The highest BCUT2D eigenvalue weighted by Gasteiger charge is 2.16. The van der Waals surface area contributed by atoms with Gasteiger partial charge in [0.05, 0.1) is 17.4 Å². The number of hydrogen-bond donors (Lipinski definition) is 3. The lowest BCUT2D eigenvalue weighted by Crippen LogP contribution is -2.38. The average molecular weight is 376 g/mol. The molecular weight excluding hydrogens is 356 g/mol. The number of para-hydroxylation sites is 1. The largest absolute Gasteiger partial charge is 0.302 e. The van der Waals surface area contributed by atoms with E-state index in [2.05, 4.69) is 26.4 Å². The topological polar surface area (TPSA) is 99.9 Å². The molecule has 0 saturated heterocycles. The predicted octanol–water partition coefficient (Wildman–Crippen LogP) is 1.16. The molecule has 3 N–H and O–H groups in total. The van der Waals surface area contributed by atoms with Crippen LogP contribution in [0, 0.1) is 0 Å². The standard InChI is InChI=1S/C20H20N6O2/c1-3-13(12-8-5-4-6-9-12)21-17-18(20(28)26(2)19(17)27)22-14-10-7-11-15-16(14)24-25-23-15/h4-11,13,23-25H,3H2,1-2H3/t13-/m1/s1. The minimum atomic E-state index is -0.455. The number of nitrogens with one attached hydrogen (secondary N) is 3. The van der Waals surface area contributed by atoms with Crippen LogP contribution in [0.15, 0.2) is 68.1 Å². The number of benzene rings is 2. The number of hydrazine groups is 2. The summed E-state index contributed by atoms with van der Waals surface area (Å²) in [5.41, 5.74) is 10.8. The minimum absolute atomic E-state index is 0.0592. The second-order valence-corrected chi connectivity index (χ2v) is 6.52. The molecule has 1 atom stereocenters. The quantitative estimate of drug-likeness (QED) is 0.635. The molecule has 0 amide bonds. The highest BCUT2D eigenvalue weighted by Crippen LogP contribution is 2.33. The van der Waals surface area contributed by atoms with Gasteiger partial charge in [-0.3, -0.25) is 24.6 Å². The summed E-state index contributed by atoms with van der Waals surface area (Å²) in [6.07, 6.45) is 0.697. The van der Waals surface area contributed by atoms with E-state index in [1.54, 1.807) is 6.07 Å². The van der Waals surface area contributed by atoms with E-state index in [0.29, 0.717) is 17.8 Å². The van der Waals surface area contributed by atoms with Crippen molar-refractivity contribution < 1.29 is 0 Å². The maximum absolute atomic E-state index is 12.7. The van der Waals surface area contributed by atoms with Crippen molar-refractivity contribution in [2.24, 2.45) is 17.0 Å². The van der Waals surface area contributed by atoms with Crippen molar-refractivity contribution in [3.05, 3.63) is 85.5 Å². The molecule has 28 heavy (non-hydrogen) atoms. The van der Waals surface area contributed by atoms with Crippen LogP contribution in [-0.2, 0) is 7.05 Å². The van der Waals surface area contributed by atoms with Gasteiger partial charge in [0.1, 0.15) is 5.69 Å². The summed E-state index contributed by atoms with van der Waals surface area (Å²) in [5, 5.41) is 0.156. The van der Waals surface area contributed by atoms with E-state index in [4.69, 9.17) is 0 Å². The van der Waals surface area contributed by atoms with Crippen LogP contribution in [0.3, 0.4) is 0 Å². The Bertz CT molecular complexity index is 1240. The van der Waals surface area contributed by atoms with Crippen molar-refractivity contribution >= 4 is 17.1 Å². The molecule has 0 fully saturated rings. The molecule has 3 aromatic rings. The van der Waals surface area contributed by atoms with Gasteiger partial charge in [-0.15, -0.1) is 5.53 Å². The highest BCUT2D eigenvalue weighted by atomic mass is 16.2. The van der Waals surface area contributed by atoms with Gasteiger partial charge in [0.25, 0.3) is 11.1 Å². The Morgan fingerprint density at radius 2 is 1.71 bits per heavy atom. The summed E-state index contributed by atoms with van der Waals surface area (Å²) in [6, 6.07) is 15.0. The molecule has 142 valence electrons. The van der Waals surface area contributed by atoms with Gasteiger partial charge in [0, 0.05) is 7.05 Å². The number of fused-ring (bicyclic) bond motifs is 1. The van der Waals surface area contributed by atoms with E-state index < -0.39 is 11.1 Å². The number of aromatic nitrogens is 1. The molecule has 8 nitrogen and oxygen atoms in total. The van der Waals surface area contributed by atoms with Gasteiger partial charge in [0.15, 0.2) is 10.7 Å². The van der Waals surface area contributed by atoms with E-state index in [1.165, 1.54) is 7.05 Å². The molecule has 0 unspecified atom stereocenters. The Kier molecular flexibility index (Phi) is 4.62. The maximum Gasteiger partial charge on any atom is 0.281 e. The molecule has 0 saturated carbocycles. The lowest BCUT2D eigenvalue weighted by Gasteiger charge is -2.08. The molecule has 4 rings (SSSR count). The SMILES string of the molecule is CC[C@@H](N=c1c(=Nc2cccc3c2NNN3)c(=O)n(C)c1=O)c1ccccc1. The third kappa shape index (κ3) is 3.03. The van der Waals surface area contributed by atoms with Crippen LogP contribution < -0.4 is 38.2 Å². The molecule has 1 aliphatic heterocycles. The van der Waals surface area contributed by atoms with Crippen LogP contribution in [0.4, 0.5) is 17.1 Å². The van der Waals surface area contributed by atoms with Gasteiger partial charge in [-0.1, -0.05) is 43.3 Å². The van der Waals surface area contributed by atoms with E-state index in [1.807, 2.05) is 49.4 Å². The first-order valence-electron chi connectivity index (χ1n) is 9.04. The van der Waals surface area contributed by atoms with Gasteiger partial charge < -0.3 is 5.43 Å². The summed E-state index contributed by atoms with van der Waals surface area (Å²) in [6.45, 7) is 1.99. The monoisotopic (exact) mass is 376 g/mol. The first-order chi connectivity index (χ1) is 13.6. The van der Waals surface area contributed by atoms with Gasteiger partial charge in [-0.25, -0.2) is 4.99 Å². The van der Waals surface area contributed by atoms with Crippen molar-refractivity contribution in [2.45, 2.75) is 19.4 Å². The summed E-state index contributed by atoms with van der Waals surface area (Å²) >= 11 is 0. The highest BCUT2D eigenvalue weighted by molar-refractivity contribution is 5.82. The van der Waals surface area contributed by atoms with Crippen molar-refractivity contribution in [2.75, 3.05) is 10.9 Å². The van der Waals surface area contributed by atoms with Gasteiger partial charge >= 0.3 is 0 Å². The summed E-state index contributed by atoms with van der Waals surface area (Å²) in [5.74, 6) is 0. The zero-order chi connectivity index (χ0) is 19.7. The third-order valence-corrected chi connectivity index (χ3v) is 4.75. The zero-order valence-corrected chi connectivity index (χ0v) is 15.6. The first kappa shape index (κ1) is 17.9. The van der Waals surface area contributed by atoms with E-state index in [-0.39, 0.29) is 16.8 Å². The molecule has 8 heteroatoms. The van der Waals surface area contributed by atoms with Crippen LogP contribution in [-0.4, -0.2) is 4.57 Å². The third-order valence-electron chi connectivity index (χ3n) is 4.75. The van der Waals surface area contributed by atoms with Gasteiger partial charge in [0.2, 0.25) is 0 Å². The summed E-state index contributed by atoms with van der Waals surface area (Å²) in [7, 11) is 1.45. The second-order valence-electron chi connectivity index (χ2n) is 6.52. The molecule has 0 radical (unpaired) electrons. The van der Waals surface area contributed by atoms with E-state index in [9.17, 15) is 9.59 Å². The molecule has 1 aromatic heterocycles. The fourth-order valence-electron chi connectivity index (χ4n) is 3.21. The predicted molar refractivity (Wildman–Crippen MR) is 107 cm³/mol. The van der Waals surface area contributed by atoms with Crippen molar-refractivity contribution in [3.8, 4) is 0 Å². The summed E-state index contributed by atoms with van der Waals surface area (Å²) in [4.78, 5) is 34.5. The van der Waals surface area contributed by atoms with Crippen LogP contribution in [0.1, 0.15) is 24.9 Å². The molecule has 0 spiro atoms. The van der Waals surface area contributed by atoms with Crippen molar-refractivity contribution in [1.29, 1.82) is 0 Å². The molecule has 0 aliphatic carbocycles. The van der Waals surface area contributed by atoms with Crippen molar-refractivity contribution in [3.63, 3.8) is 0 Å². The van der Waals surface area contributed by atoms with Crippen molar-refractivity contribution in [1.82, 2.24) is 10.1 Å². The number of hydrogen-bond acceptors (Lipinski definition) is 7. The first-order valence-corrected chi connectivity index (χ1v) is 9.04.